The number of hydrogen-bond donors (Lipinski definition) is 1. The van der Waals surface area contributed by atoms with Gasteiger partial charge in [-0.3, -0.25) is 4.79 Å². The summed E-state index contributed by atoms with van der Waals surface area (Å²) >= 11 is 5.91. The molecule has 1 aliphatic rings. The first kappa shape index (κ1) is 16.0. The zero-order valence-corrected chi connectivity index (χ0v) is 14.1. The van der Waals surface area contributed by atoms with E-state index < -0.39 is 0 Å². The van der Waals surface area contributed by atoms with Crippen molar-refractivity contribution in [2.75, 3.05) is 13.2 Å². The summed E-state index contributed by atoms with van der Waals surface area (Å²) in [6, 6.07) is 7.35. The van der Waals surface area contributed by atoms with E-state index in [1.165, 1.54) is 0 Å². The van der Waals surface area contributed by atoms with Crippen molar-refractivity contribution in [3.63, 3.8) is 0 Å². The van der Waals surface area contributed by atoms with Gasteiger partial charge in [-0.15, -0.1) is 0 Å². The van der Waals surface area contributed by atoms with Crippen LogP contribution in [0.1, 0.15) is 35.8 Å². The number of aromatic nitrogens is 2. The summed E-state index contributed by atoms with van der Waals surface area (Å²) in [6.45, 7) is 5.26. The topological polar surface area (TPSA) is 56.2 Å². The van der Waals surface area contributed by atoms with Gasteiger partial charge in [0.1, 0.15) is 0 Å². The molecule has 1 aromatic heterocycles. The number of carbonyl (C=O) groups excluding carboxylic acids is 1. The van der Waals surface area contributed by atoms with Gasteiger partial charge in [0.05, 0.1) is 16.9 Å². The molecule has 122 valence electrons. The number of benzene rings is 1. The van der Waals surface area contributed by atoms with E-state index in [2.05, 4.69) is 17.3 Å². The first-order valence-corrected chi connectivity index (χ1v) is 8.07. The van der Waals surface area contributed by atoms with E-state index in [4.69, 9.17) is 16.3 Å². The van der Waals surface area contributed by atoms with Gasteiger partial charge in [-0.25, -0.2) is 4.68 Å². The minimum atomic E-state index is -0.218. The van der Waals surface area contributed by atoms with Crippen LogP contribution in [0.3, 0.4) is 0 Å². The molecule has 1 saturated heterocycles. The van der Waals surface area contributed by atoms with Crippen molar-refractivity contribution < 1.29 is 9.53 Å². The van der Waals surface area contributed by atoms with Gasteiger partial charge < -0.3 is 10.1 Å². The maximum Gasteiger partial charge on any atom is 0.255 e. The van der Waals surface area contributed by atoms with Crippen LogP contribution in [0, 0.1) is 6.92 Å². The molecule has 0 aliphatic carbocycles. The van der Waals surface area contributed by atoms with Crippen LogP contribution in [0.25, 0.3) is 5.69 Å². The summed E-state index contributed by atoms with van der Waals surface area (Å²) < 4.78 is 7.07. The highest BCUT2D eigenvalue weighted by Crippen LogP contribution is 2.21. The highest BCUT2D eigenvalue weighted by molar-refractivity contribution is 6.30. The van der Waals surface area contributed by atoms with E-state index in [0.29, 0.717) is 29.5 Å². The molecule has 1 aliphatic heterocycles. The standard InChI is InChI=1S/C17H20ClN3O2/c1-12-15(16(22)19-17(2)7-9-23-10-8-17)11-21(20-12)14-5-3-13(18)4-6-14/h3-6,11H,7-10H2,1-2H3,(H,19,22). The Morgan fingerprint density at radius 2 is 1.96 bits per heavy atom. The Labute approximate surface area is 140 Å². The van der Waals surface area contributed by atoms with E-state index in [-0.39, 0.29) is 11.4 Å². The molecule has 6 heteroatoms. The fourth-order valence-electron chi connectivity index (χ4n) is 2.70. The van der Waals surface area contributed by atoms with Gasteiger partial charge in [-0.2, -0.15) is 5.10 Å². The largest absolute Gasteiger partial charge is 0.381 e. The smallest absolute Gasteiger partial charge is 0.255 e. The molecule has 0 atom stereocenters. The molecule has 3 rings (SSSR count). The first-order valence-electron chi connectivity index (χ1n) is 7.69. The van der Waals surface area contributed by atoms with E-state index in [9.17, 15) is 4.79 Å². The zero-order valence-electron chi connectivity index (χ0n) is 13.3. The Balaban J connectivity index is 1.80. The van der Waals surface area contributed by atoms with Crippen LogP contribution < -0.4 is 5.32 Å². The third-order valence-electron chi connectivity index (χ3n) is 4.25. The van der Waals surface area contributed by atoms with Crippen LogP contribution in [0.5, 0.6) is 0 Å². The second-order valence-electron chi connectivity index (χ2n) is 6.18. The number of hydrogen-bond acceptors (Lipinski definition) is 3. The number of aryl methyl sites for hydroxylation is 1. The van der Waals surface area contributed by atoms with Crippen molar-refractivity contribution in [1.82, 2.24) is 15.1 Å². The Bertz CT molecular complexity index is 703. The van der Waals surface area contributed by atoms with E-state index in [0.717, 1.165) is 18.5 Å². The third kappa shape index (κ3) is 3.57. The molecule has 0 unspecified atom stereocenters. The molecule has 2 aromatic rings. The Morgan fingerprint density at radius 3 is 2.61 bits per heavy atom. The summed E-state index contributed by atoms with van der Waals surface area (Å²) in [5, 5.41) is 8.24. The molecular formula is C17H20ClN3O2. The van der Waals surface area contributed by atoms with Crippen molar-refractivity contribution in [3.05, 3.63) is 46.7 Å². The van der Waals surface area contributed by atoms with Gasteiger partial charge in [0.25, 0.3) is 5.91 Å². The molecular weight excluding hydrogens is 314 g/mol. The SMILES string of the molecule is Cc1nn(-c2ccc(Cl)cc2)cc1C(=O)NC1(C)CCOCC1. The fraction of sp³-hybridized carbons (Fsp3) is 0.412. The maximum atomic E-state index is 12.6. The lowest BCUT2D eigenvalue weighted by Gasteiger charge is -2.34. The number of carbonyl (C=O) groups is 1. The van der Waals surface area contributed by atoms with Crippen LogP contribution in [0.2, 0.25) is 5.02 Å². The van der Waals surface area contributed by atoms with Gasteiger partial charge in [-0.05, 0) is 51.0 Å². The van der Waals surface area contributed by atoms with Crippen molar-refractivity contribution >= 4 is 17.5 Å². The average molecular weight is 334 g/mol. The predicted octanol–water partition coefficient (Wildman–Crippen LogP) is 3.13. The highest BCUT2D eigenvalue weighted by Gasteiger charge is 2.30. The molecule has 1 aromatic carbocycles. The summed E-state index contributed by atoms with van der Waals surface area (Å²) in [7, 11) is 0. The number of halogens is 1. The Morgan fingerprint density at radius 1 is 1.30 bits per heavy atom. The first-order chi connectivity index (χ1) is 11.0. The summed E-state index contributed by atoms with van der Waals surface area (Å²) in [5.41, 5.74) is 1.94. The van der Waals surface area contributed by atoms with Crippen molar-refractivity contribution in [2.24, 2.45) is 0 Å². The minimum Gasteiger partial charge on any atom is -0.381 e. The van der Waals surface area contributed by atoms with Gasteiger partial charge in [0.2, 0.25) is 0 Å². The van der Waals surface area contributed by atoms with Crippen molar-refractivity contribution in [1.29, 1.82) is 0 Å². The third-order valence-corrected chi connectivity index (χ3v) is 4.50. The van der Waals surface area contributed by atoms with E-state index in [1.54, 1.807) is 23.0 Å². The fourth-order valence-corrected chi connectivity index (χ4v) is 2.82. The predicted molar refractivity (Wildman–Crippen MR) is 89.2 cm³/mol. The summed E-state index contributed by atoms with van der Waals surface area (Å²) in [4.78, 5) is 12.6. The van der Waals surface area contributed by atoms with Crippen LogP contribution in [0.15, 0.2) is 30.5 Å². The summed E-state index contributed by atoms with van der Waals surface area (Å²) in [5.74, 6) is -0.0906. The Hall–Kier alpha value is -1.85. The molecule has 0 saturated carbocycles. The van der Waals surface area contributed by atoms with Crippen LogP contribution in [-0.2, 0) is 4.74 Å². The van der Waals surface area contributed by atoms with Crippen molar-refractivity contribution in [2.45, 2.75) is 32.2 Å². The van der Waals surface area contributed by atoms with E-state index >= 15 is 0 Å². The molecule has 1 N–H and O–H groups in total. The molecule has 23 heavy (non-hydrogen) atoms. The van der Waals surface area contributed by atoms with Gasteiger partial charge in [0.15, 0.2) is 0 Å². The maximum absolute atomic E-state index is 12.6. The molecule has 0 bridgehead atoms. The lowest BCUT2D eigenvalue weighted by Crippen LogP contribution is -2.49. The van der Waals surface area contributed by atoms with Gasteiger partial charge in [-0.1, -0.05) is 11.6 Å². The number of nitrogens with one attached hydrogen (secondary N) is 1. The second kappa shape index (κ2) is 6.34. The molecule has 0 radical (unpaired) electrons. The van der Waals surface area contributed by atoms with Crippen LogP contribution in [0.4, 0.5) is 0 Å². The number of amides is 1. The minimum absolute atomic E-state index is 0.0906. The zero-order chi connectivity index (χ0) is 16.4. The lowest BCUT2D eigenvalue weighted by atomic mass is 9.92. The van der Waals surface area contributed by atoms with Crippen LogP contribution >= 0.6 is 11.6 Å². The highest BCUT2D eigenvalue weighted by atomic mass is 35.5. The lowest BCUT2D eigenvalue weighted by molar-refractivity contribution is 0.0422. The average Bonchev–Trinajstić information content (AvgIpc) is 2.90. The number of ether oxygens (including phenoxy) is 1. The summed E-state index contributed by atoms with van der Waals surface area (Å²) in [6.07, 6.45) is 3.41. The van der Waals surface area contributed by atoms with Crippen molar-refractivity contribution in [3.8, 4) is 5.69 Å². The molecule has 0 spiro atoms. The quantitative estimate of drug-likeness (QED) is 0.938. The normalized spacial score (nSPS) is 17.0. The van der Waals surface area contributed by atoms with Crippen LogP contribution in [-0.4, -0.2) is 34.4 Å². The van der Waals surface area contributed by atoms with Gasteiger partial charge in [0, 0.05) is 30.0 Å². The van der Waals surface area contributed by atoms with Gasteiger partial charge >= 0.3 is 0 Å². The Kier molecular flexibility index (Phi) is 4.41. The monoisotopic (exact) mass is 333 g/mol. The molecule has 5 nitrogen and oxygen atoms in total. The number of nitrogens with zero attached hydrogens (tertiary/aromatic N) is 2. The molecule has 1 amide bonds. The second-order valence-corrected chi connectivity index (χ2v) is 6.61. The van der Waals surface area contributed by atoms with E-state index in [1.807, 2.05) is 19.1 Å². The number of rotatable bonds is 3. The molecule has 2 heterocycles. The molecule has 1 fully saturated rings.